The summed E-state index contributed by atoms with van der Waals surface area (Å²) in [6.07, 6.45) is 6.28. The van der Waals surface area contributed by atoms with Crippen LogP contribution in [0.4, 0.5) is 20.2 Å². The average molecular weight is 508 g/mol. The van der Waals surface area contributed by atoms with Crippen LogP contribution in [0, 0.1) is 18.6 Å². The summed E-state index contributed by atoms with van der Waals surface area (Å²) in [5.41, 5.74) is 2.03. The zero-order valence-electron chi connectivity index (χ0n) is 20.9. The fraction of sp³-hybridized carbons (Fsp3) is 0.333. The maximum absolute atomic E-state index is 15.2. The van der Waals surface area contributed by atoms with Crippen molar-refractivity contribution in [3.05, 3.63) is 65.5 Å². The number of hydrogen-bond donors (Lipinski definition) is 1. The summed E-state index contributed by atoms with van der Waals surface area (Å²) in [5.74, 6) is -2.55. The number of pyridine rings is 1. The van der Waals surface area contributed by atoms with Crippen molar-refractivity contribution >= 4 is 23.2 Å². The maximum Gasteiger partial charge on any atom is 0.247 e. The van der Waals surface area contributed by atoms with E-state index in [1.54, 1.807) is 17.1 Å². The standard InChI is InChI=1S/C27H27F2N5O3/c1-5-9-34-24(19(13-31-34)32-21(35)6-2)18-11-17-16(12-30-18)14-33(26(36)27(17)7-8-27)25-22(28)15(3)10-20(37-4)23(25)29/h6,10-13H,2,5,7-9,14H2,1,3-4H3,(H,32,35). The number of ether oxygens (including phenoxy) is 1. The molecule has 0 atom stereocenters. The molecule has 0 saturated heterocycles. The van der Waals surface area contributed by atoms with Gasteiger partial charge in [0, 0.05) is 12.7 Å². The highest BCUT2D eigenvalue weighted by molar-refractivity contribution is 6.06. The number of hydrogen-bond acceptors (Lipinski definition) is 5. The predicted octanol–water partition coefficient (Wildman–Crippen LogP) is 4.65. The van der Waals surface area contributed by atoms with Gasteiger partial charge in [0.15, 0.2) is 17.4 Å². The second-order valence-corrected chi connectivity index (χ2v) is 9.40. The van der Waals surface area contributed by atoms with Gasteiger partial charge in [-0.25, -0.2) is 8.78 Å². The van der Waals surface area contributed by atoms with E-state index < -0.39 is 22.7 Å². The SMILES string of the molecule is C=CC(=O)Nc1cnn(CCC)c1-c1cc2c(cn1)CN(c1c(F)c(C)cc(OC)c1F)C(=O)C21CC1. The first kappa shape index (κ1) is 24.6. The summed E-state index contributed by atoms with van der Waals surface area (Å²) < 4.78 is 37.3. The Morgan fingerprint density at radius 3 is 2.68 bits per heavy atom. The molecule has 1 saturated carbocycles. The monoisotopic (exact) mass is 507 g/mol. The molecule has 192 valence electrons. The molecule has 1 aliphatic heterocycles. The molecule has 5 rings (SSSR count). The van der Waals surface area contributed by atoms with Gasteiger partial charge >= 0.3 is 0 Å². The predicted molar refractivity (Wildman–Crippen MR) is 134 cm³/mol. The van der Waals surface area contributed by atoms with Crippen LogP contribution in [0.3, 0.4) is 0 Å². The van der Waals surface area contributed by atoms with Crippen molar-refractivity contribution in [2.45, 2.75) is 51.6 Å². The quantitative estimate of drug-likeness (QED) is 0.470. The number of nitrogens with zero attached hydrogens (tertiary/aromatic N) is 4. The number of anilines is 2. The third kappa shape index (κ3) is 3.87. The number of aryl methyl sites for hydroxylation is 2. The Kier molecular flexibility index (Phi) is 6.05. The molecule has 1 aliphatic carbocycles. The van der Waals surface area contributed by atoms with Crippen LogP contribution in [0.5, 0.6) is 5.75 Å². The van der Waals surface area contributed by atoms with E-state index in [4.69, 9.17) is 4.74 Å². The zero-order valence-corrected chi connectivity index (χ0v) is 20.9. The molecule has 1 N–H and O–H groups in total. The molecule has 0 radical (unpaired) electrons. The Morgan fingerprint density at radius 1 is 1.27 bits per heavy atom. The third-order valence-electron chi connectivity index (χ3n) is 7.01. The Morgan fingerprint density at radius 2 is 2.03 bits per heavy atom. The second kappa shape index (κ2) is 9.10. The summed E-state index contributed by atoms with van der Waals surface area (Å²) in [6, 6.07) is 3.12. The van der Waals surface area contributed by atoms with Crippen molar-refractivity contribution in [1.82, 2.24) is 14.8 Å². The van der Waals surface area contributed by atoms with E-state index in [0.717, 1.165) is 12.0 Å². The lowest BCUT2D eigenvalue weighted by Crippen LogP contribution is -2.45. The van der Waals surface area contributed by atoms with Crippen molar-refractivity contribution in [3.8, 4) is 17.1 Å². The molecule has 10 heteroatoms. The van der Waals surface area contributed by atoms with Gasteiger partial charge in [-0.15, -0.1) is 0 Å². The molecule has 8 nitrogen and oxygen atoms in total. The Bertz CT molecular complexity index is 1440. The molecule has 1 spiro atoms. The largest absolute Gasteiger partial charge is 0.494 e. The lowest BCUT2D eigenvalue weighted by molar-refractivity contribution is -0.121. The minimum Gasteiger partial charge on any atom is -0.494 e. The average Bonchev–Trinajstić information content (AvgIpc) is 3.60. The molecular weight excluding hydrogens is 480 g/mol. The van der Waals surface area contributed by atoms with Gasteiger partial charge in [-0.2, -0.15) is 5.10 Å². The number of fused-ring (bicyclic) bond motifs is 2. The summed E-state index contributed by atoms with van der Waals surface area (Å²) >= 11 is 0. The lowest BCUT2D eigenvalue weighted by atomic mass is 9.86. The summed E-state index contributed by atoms with van der Waals surface area (Å²) in [7, 11) is 1.30. The van der Waals surface area contributed by atoms with E-state index in [0.29, 0.717) is 42.0 Å². The molecule has 3 aromatic rings. The summed E-state index contributed by atoms with van der Waals surface area (Å²) in [6.45, 7) is 7.59. The maximum atomic E-state index is 15.2. The third-order valence-corrected chi connectivity index (χ3v) is 7.01. The van der Waals surface area contributed by atoms with Crippen molar-refractivity contribution in [3.63, 3.8) is 0 Å². The molecule has 2 aliphatic rings. The normalized spacial score (nSPS) is 15.5. The minimum absolute atomic E-state index is 0.0298. The van der Waals surface area contributed by atoms with Crippen LogP contribution in [0.15, 0.2) is 37.2 Å². The number of halogens is 2. The first-order valence-corrected chi connectivity index (χ1v) is 12.1. The minimum atomic E-state index is -0.908. The molecule has 37 heavy (non-hydrogen) atoms. The van der Waals surface area contributed by atoms with Crippen LogP contribution in [0.2, 0.25) is 0 Å². The fourth-order valence-corrected chi connectivity index (χ4v) is 5.01. The smallest absolute Gasteiger partial charge is 0.247 e. The number of amides is 2. The van der Waals surface area contributed by atoms with E-state index in [1.807, 2.05) is 13.0 Å². The van der Waals surface area contributed by atoms with Gasteiger partial charge in [0.2, 0.25) is 11.8 Å². The molecule has 2 amide bonds. The number of rotatable bonds is 7. The van der Waals surface area contributed by atoms with Crippen LogP contribution in [-0.2, 0) is 28.1 Å². The van der Waals surface area contributed by atoms with Crippen molar-refractivity contribution in [1.29, 1.82) is 0 Å². The topological polar surface area (TPSA) is 89.3 Å². The van der Waals surface area contributed by atoms with Crippen molar-refractivity contribution in [2.75, 3.05) is 17.3 Å². The van der Waals surface area contributed by atoms with Crippen LogP contribution in [0.25, 0.3) is 11.4 Å². The number of aromatic nitrogens is 3. The molecular formula is C27H27F2N5O3. The highest BCUT2D eigenvalue weighted by Gasteiger charge is 2.57. The first-order valence-electron chi connectivity index (χ1n) is 12.1. The first-order chi connectivity index (χ1) is 17.7. The molecule has 0 bridgehead atoms. The van der Waals surface area contributed by atoms with Gasteiger partial charge in [0.05, 0.1) is 36.6 Å². The molecule has 0 unspecified atom stereocenters. The number of benzene rings is 1. The van der Waals surface area contributed by atoms with Crippen molar-refractivity contribution in [2.24, 2.45) is 0 Å². The Hall–Kier alpha value is -4.08. The van der Waals surface area contributed by atoms with E-state index in [9.17, 15) is 9.59 Å². The van der Waals surface area contributed by atoms with Crippen LogP contribution in [-0.4, -0.2) is 33.7 Å². The zero-order chi connectivity index (χ0) is 26.5. The highest BCUT2D eigenvalue weighted by atomic mass is 19.1. The number of methoxy groups -OCH3 is 1. The van der Waals surface area contributed by atoms with Gasteiger partial charge in [0.25, 0.3) is 0 Å². The molecule has 1 fully saturated rings. The van der Waals surface area contributed by atoms with Crippen LogP contribution < -0.4 is 15.0 Å². The van der Waals surface area contributed by atoms with E-state index in [2.05, 4.69) is 22.0 Å². The molecule has 3 heterocycles. The van der Waals surface area contributed by atoms with E-state index >= 15 is 8.78 Å². The van der Waals surface area contributed by atoms with Crippen LogP contribution in [0.1, 0.15) is 42.9 Å². The highest BCUT2D eigenvalue weighted by Crippen LogP contribution is 2.55. The number of carbonyl (C=O) groups excluding carboxylic acids is 2. The molecule has 1 aromatic carbocycles. The Labute approximate surface area is 212 Å². The van der Waals surface area contributed by atoms with Gasteiger partial charge in [-0.1, -0.05) is 13.5 Å². The van der Waals surface area contributed by atoms with Crippen molar-refractivity contribution < 1.29 is 23.1 Å². The van der Waals surface area contributed by atoms with E-state index in [1.165, 1.54) is 31.1 Å². The lowest BCUT2D eigenvalue weighted by Gasteiger charge is -2.35. The van der Waals surface area contributed by atoms with Crippen LogP contribution >= 0.6 is 0 Å². The van der Waals surface area contributed by atoms with Gasteiger partial charge in [-0.3, -0.25) is 19.3 Å². The van der Waals surface area contributed by atoms with E-state index in [-0.39, 0.29) is 29.7 Å². The summed E-state index contributed by atoms with van der Waals surface area (Å²) in [4.78, 5) is 31.6. The fourth-order valence-electron chi connectivity index (χ4n) is 5.01. The molecule has 2 aromatic heterocycles. The van der Waals surface area contributed by atoms with Gasteiger partial charge in [-0.05, 0) is 61.1 Å². The summed E-state index contributed by atoms with van der Waals surface area (Å²) in [5, 5.41) is 7.17. The Balaban J connectivity index is 1.61. The second-order valence-electron chi connectivity index (χ2n) is 9.40. The van der Waals surface area contributed by atoms with Gasteiger partial charge < -0.3 is 15.0 Å². The van der Waals surface area contributed by atoms with Gasteiger partial charge in [0.1, 0.15) is 11.4 Å². The number of carbonyl (C=O) groups is 2. The number of nitrogens with one attached hydrogen (secondary N) is 1.